The molecule has 130 valence electrons. The highest BCUT2D eigenvalue weighted by Crippen LogP contribution is 2.31. The van der Waals surface area contributed by atoms with Gasteiger partial charge in [0.15, 0.2) is 0 Å². The number of aryl methyl sites for hydroxylation is 1. The maximum atomic E-state index is 11.6. The lowest BCUT2D eigenvalue weighted by molar-refractivity contribution is 0.301. The van der Waals surface area contributed by atoms with E-state index < -0.39 is 5.63 Å². The van der Waals surface area contributed by atoms with E-state index in [4.69, 9.17) is 25.2 Å². The minimum atomic E-state index is -0.410. The highest BCUT2D eigenvalue weighted by atomic mass is 35.5. The van der Waals surface area contributed by atoms with E-state index in [1.807, 2.05) is 37.3 Å². The van der Waals surface area contributed by atoms with Crippen molar-refractivity contribution < 1.29 is 13.6 Å². The van der Waals surface area contributed by atoms with Crippen LogP contribution in [-0.2, 0) is 6.61 Å². The number of hydrogen-bond donors (Lipinski definition) is 0. The molecule has 2 aromatic heterocycles. The second-order valence-electron chi connectivity index (χ2n) is 5.83. The zero-order valence-corrected chi connectivity index (χ0v) is 14.6. The fraction of sp³-hybridized carbons (Fsp3) is 0.100. The first kappa shape index (κ1) is 16.4. The van der Waals surface area contributed by atoms with Gasteiger partial charge in [0.05, 0.1) is 5.02 Å². The smallest absolute Gasteiger partial charge is 0.336 e. The van der Waals surface area contributed by atoms with Gasteiger partial charge in [0.1, 0.15) is 29.9 Å². The number of ether oxygens (including phenoxy) is 1. The number of oxazole rings is 1. The Hall–Kier alpha value is -3.05. The average molecular weight is 368 g/mol. The summed E-state index contributed by atoms with van der Waals surface area (Å²) < 4.78 is 16.5. The summed E-state index contributed by atoms with van der Waals surface area (Å²) in [5.74, 6) is 0.938. The predicted octanol–water partition coefficient (Wildman–Crippen LogP) is 4.99. The molecule has 0 amide bonds. The van der Waals surface area contributed by atoms with Gasteiger partial charge in [-0.3, -0.25) is 0 Å². The normalized spacial score (nSPS) is 11.0. The topological polar surface area (TPSA) is 65.5 Å². The van der Waals surface area contributed by atoms with Gasteiger partial charge < -0.3 is 13.6 Å². The van der Waals surface area contributed by atoms with Crippen LogP contribution in [0, 0.1) is 6.92 Å². The molecule has 0 bridgehead atoms. The first-order chi connectivity index (χ1) is 12.6. The van der Waals surface area contributed by atoms with Gasteiger partial charge in [-0.2, -0.15) is 0 Å². The summed E-state index contributed by atoms with van der Waals surface area (Å²) >= 11 is 6.29. The Morgan fingerprint density at radius 3 is 2.77 bits per heavy atom. The van der Waals surface area contributed by atoms with Crippen LogP contribution >= 0.6 is 11.6 Å². The molecule has 4 rings (SSSR count). The highest BCUT2D eigenvalue weighted by Gasteiger charge is 2.11. The van der Waals surface area contributed by atoms with Gasteiger partial charge in [0.2, 0.25) is 5.89 Å². The Kier molecular flexibility index (Phi) is 4.22. The molecule has 2 aromatic carbocycles. The van der Waals surface area contributed by atoms with E-state index in [1.165, 1.54) is 6.07 Å². The maximum absolute atomic E-state index is 11.6. The SMILES string of the molecule is Cc1cc(=O)oc2cc(OCc3coc(-c4ccccc4)n3)c(Cl)cc12. The third-order valence-electron chi connectivity index (χ3n) is 3.95. The zero-order chi connectivity index (χ0) is 18.1. The molecule has 0 aliphatic rings. The molecular weight excluding hydrogens is 354 g/mol. The summed E-state index contributed by atoms with van der Waals surface area (Å²) in [6.07, 6.45) is 1.54. The fourth-order valence-electron chi connectivity index (χ4n) is 2.67. The van der Waals surface area contributed by atoms with Gasteiger partial charge >= 0.3 is 5.63 Å². The van der Waals surface area contributed by atoms with E-state index in [9.17, 15) is 4.79 Å². The molecule has 6 heteroatoms. The molecule has 0 N–H and O–H groups in total. The lowest BCUT2D eigenvalue weighted by Gasteiger charge is -2.08. The first-order valence-corrected chi connectivity index (χ1v) is 8.34. The van der Waals surface area contributed by atoms with Crippen LogP contribution in [0.4, 0.5) is 0 Å². The van der Waals surface area contributed by atoms with Crippen molar-refractivity contribution in [1.29, 1.82) is 0 Å². The van der Waals surface area contributed by atoms with E-state index in [2.05, 4.69) is 4.98 Å². The molecule has 0 saturated heterocycles. The zero-order valence-electron chi connectivity index (χ0n) is 13.9. The van der Waals surface area contributed by atoms with Crippen molar-refractivity contribution in [2.24, 2.45) is 0 Å². The van der Waals surface area contributed by atoms with E-state index >= 15 is 0 Å². The lowest BCUT2D eigenvalue weighted by atomic mass is 10.1. The number of hydrogen-bond acceptors (Lipinski definition) is 5. The number of benzene rings is 2. The standard InChI is InChI=1S/C20H14ClNO4/c1-12-7-19(23)26-17-9-18(16(21)8-15(12)17)24-10-14-11-25-20(22-14)13-5-3-2-4-6-13/h2-9,11H,10H2,1H3. The van der Waals surface area contributed by atoms with Crippen LogP contribution < -0.4 is 10.4 Å². The van der Waals surface area contributed by atoms with E-state index in [0.717, 1.165) is 16.5 Å². The minimum Gasteiger partial charge on any atom is -0.485 e. The van der Waals surface area contributed by atoms with Gasteiger partial charge in [0.25, 0.3) is 0 Å². The monoisotopic (exact) mass is 367 g/mol. The molecule has 5 nitrogen and oxygen atoms in total. The highest BCUT2D eigenvalue weighted by molar-refractivity contribution is 6.32. The Labute approximate surface area is 153 Å². The van der Waals surface area contributed by atoms with Gasteiger partial charge in [-0.25, -0.2) is 9.78 Å². The van der Waals surface area contributed by atoms with Crippen molar-refractivity contribution in [3.8, 4) is 17.2 Å². The predicted molar refractivity (Wildman–Crippen MR) is 98.5 cm³/mol. The number of fused-ring (bicyclic) bond motifs is 1. The Morgan fingerprint density at radius 2 is 1.96 bits per heavy atom. The Balaban J connectivity index is 1.57. The van der Waals surface area contributed by atoms with Crippen molar-refractivity contribution in [1.82, 2.24) is 4.98 Å². The van der Waals surface area contributed by atoms with E-state index in [-0.39, 0.29) is 6.61 Å². The largest absolute Gasteiger partial charge is 0.485 e. The van der Waals surface area contributed by atoms with Crippen LogP contribution in [0.3, 0.4) is 0 Å². The van der Waals surface area contributed by atoms with E-state index in [1.54, 1.807) is 18.4 Å². The van der Waals surface area contributed by atoms with Crippen LogP contribution in [-0.4, -0.2) is 4.98 Å². The van der Waals surface area contributed by atoms with Gasteiger partial charge in [-0.15, -0.1) is 0 Å². The molecule has 0 aliphatic carbocycles. The lowest BCUT2D eigenvalue weighted by Crippen LogP contribution is -2.00. The summed E-state index contributed by atoms with van der Waals surface area (Å²) in [5.41, 5.74) is 2.34. The number of nitrogens with zero attached hydrogens (tertiary/aromatic N) is 1. The number of aromatic nitrogens is 1. The molecule has 0 aliphatic heterocycles. The molecule has 4 aromatic rings. The van der Waals surface area contributed by atoms with Crippen LogP contribution in [0.5, 0.6) is 5.75 Å². The van der Waals surface area contributed by atoms with Gasteiger partial charge in [-0.05, 0) is 30.7 Å². The Morgan fingerprint density at radius 1 is 1.15 bits per heavy atom. The molecule has 0 fully saturated rings. The molecule has 0 atom stereocenters. The third-order valence-corrected chi connectivity index (χ3v) is 4.25. The summed E-state index contributed by atoms with van der Waals surface area (Å²) in [4.78, 5) is 16.0. The van der Waals surface area contributed by atoms with Crippen LogP contribution in [0.15, 0.2) is 68.4 Å². The second kappa shape index (κ2) is 6.69. The quantitative estimate of drug-likeness (QED) is 0.475. The minimum absolute atomic E-state index is 0.178. The van der Waals surface area contributed by atoms with Crippen molar-refractivity contribution >= 4 is 22.6 Å². The summed E-state index contributed by atoms with van der Waals surface area (Å²) in [7, 11) is 0. The molecule has 0 saturated carbocycles. The van der Waals surface area contributed by atoms with Crippen molar-refractivity contribution in [2.45, 2.75) is 13.5 Å². The summed E-state index contributed by atoms with van der Waals surface area (Å²) in [6, 6.07) is 14.4. The van der Waals surface area contributed by atoms with Crippen LogP contribution in [0.25, 0.3) is 22.4 Å². The van der Waals surface area contributed by atoms with Crippen molar-refractivity contribution in [3.05, 3.63) is 81.5 Å². The second-order valence-corrected chi connectivity index (χ2v) is 6.23. The Bertz CT molecular complexity index is 1130. The van der Waals surface area contributed by atoms with Crippen molar-refractivity contribution in [2.75, 3.05) is 0 Å². The van der Waals surface area contributed by atoms with Crippen LogP contribution in [0.1, 0.15) is 11.3 Å². The first-order valence-electron chi connectivity index (χ1n) is 7.97. The summed E-state index contributed by atoms with van der Waals surface area (Å²) in [6.45, 7) is 2.01. The molecule has 26 heavy (non-hydrogen) atoms. The molecule has 2 heterocycles. The fourth-order valence-corrected chi connectivity index (χ4v) is 2.89. The maximum Gasteiger partial charge on any atom is 0.336 e. The molecular formula is C20H14ClNO4. The molecule has 0 unspecified atom stereocenters. The van der Waals surface area contributed by atoms with E-state index in [0.29, 0.717) is 27.9 Å². The van der Waals surface area contributed by atoms with Crippen molar-refractivity contribution in [3.63, 3.8) is 0 Å². The van der Waals surface area contributed by atoms with Gasteiger partial charge in [-0.1, -0.05) is 29.8 Å². The molecule has 0 radical (unpaired) electrons. The molecule has 0 spiro atoms. The average Bonchev–Trinajstić information content (AvgIpc) is 3.10. The van der Waals surface area contributed by atoms with Crippen LogP contribution in [0.2, 0.25) is 5.02 Å². The number of rotatable bonds is 4. The third kappa shape index (κ3) is 3.21. The summed E-state index contributed by atoms with van der Waals surface area (Å²) in [5, 5.41) is 1.20. The number of halogens is 1. The van der Waals surface area contributed by atoms with Gasteiger partial charge in [0, 0.05) is 23.1 Å².